The van der Waals surface area contributed by atoms with Gasteiger partial charge in [0.2, 0.25) is 0 Å². The minimum Gasteiger partial charge on any atom is -0.458 e. The maximum atomic E-state index is 11.4. The molecule has 0 aliphatic carbocycles. The summed E-state index contributed by atoms with van der Waals surface area (Å²) in [4.78, 5) is 11.4. The molecule has 0 fully saturated rings. The summed E-state index contributed by atoms with van der Waals surface area (Å²) in [6.07, 6.45) is 4.81. The molecule has 0 bridgehead atoms. The lowest BCUT2D eigenvalue weighted by Gasteiger charge is -2.19. The van der Waals surface area contributed by atoms with Crippen molar-refractivity contribution in [2.45, 2.75) is 52.1 Å². The van der Waals surface area contributed by atoms with Crippen LogP contribution in [0.25, 0.3) is 0 Å². The smallest absolute Gasteiger partial charge is 0.332 e. The molecule has 0 aliphatic heterocycles. The van der Waals surface area contributed by atoms with Crippen molar-refractivity contribution in [1.29, 1.82) is 0 Å². The molecule has 0 saturated carbocycles. The van der Waals surface area contributed by atoms with Crippen LogP contribution >= 0.6 is 15.9 Å². The van der Waals surface area contributed by atoms with Gasteiger partial charge in [-0.3, -0.25) is 0 Å². The van der Waals surface area contributed by atoms with Crippen LogP contribution in [0.2, 0.25) is 0 Å². The van der Waals surface area contributed by atoms with Crippen molar-refractivity contribution >= 4 is 21.9 Å². The molecule has 0 rings (SSSR count). The Kier molecular flexibility index (Phi) is 17.1. The molecule has 0 unspecified atom stereocenters. The van der Waals surface area contributed by atoms with Crippen molar-refractivity contribution < 1.29 is 28.5 Å². The summed E-state index contributed by atoms with van der Waals surface area (Å²) in [5.74, 6) is -0.362. The van der Waals surface area contributed by atoms with Crippen molar-refractivity contribution in [1.82, 2.24) is 0 Å². The first-order valence-electron chi connectivity index (χ1n) is 9.04. The standard InChI is InChI=1S/C18H35BrO6/c1-18(2,3)25-17(20)16-24-15-14-23-13-12-22-11-10-21-9-7-5-4-6-8-19/h4-16H2,1-3H3. The lowest BCUT2D eigenvalue weighted by molar-refractivity contribution is -0.160. The molecular weight excluding hydrogens is 392 g/mol. The highest BCUT2D eigenvalue weighted by atomic mass is 79.9. The van der Waals surface area contributed by atoms with Crippen molar-refractivity contribution in [2.24, 2.45) is 0 Å². The number of halogens is 1. The first-order valence-corrected chi connectivity index (χ1v) is 10.2. The van der Waals surface area contributed by atoms with Crippen molar-refractivity contribution in [2.75, 3.05) is 58.2 Å². The SMILES string of the molecule is CC(C)(C)OC(=O)COCCOCCOCCOCCCCCCBr. The fourth-order valence-corrected chi connectivity index (χ4v) is 2.23. The second kappa shape index (κ2) is 17.2. The van der Waals surface area contributed by atoms with Crippen LogP contribution in [0.3, 0.4) is 0 Å². The van der Waals surface area contributed by atoms with E-state index in [4.69, 9.17) is 23.7 Å². The Morgan fingerprint density at radius 2 is 1.20 bits per heavy atom. The van der Waals surface area contributed by atoms with E-state index in [0.717, 1.165) is 18.4 Å². The Labute approximate surface area is 161 Å². The molecule has 0 aromatic rings. The van der Waals surface area contributed by atoms with Gasteiger partial charge in [-0.15, -0.1) is 0 Å². The van der Waals surface area contributed by atoms with Gasteiger partial charge < -0.3 is 23.7 Å². The number of carbonyl (C=O) groups is 1. The molecule has 0 aromatic heterocycles. The summed E-state index contributed by atoms with van der Waals surface area (Å²) in [6, 6.07) is 0. The van der Waals surface area contributed by atoms with Crippen LogP contribution in [0.4, 0.5) is 0 Å². The summed E-state index contributed by atoms with van der Waals surface area (Å²) in [7, 11) is 0. The molecule has 0 amide bonds. The maximum Gasteiger partial charge on any atom is 0.332 e. The number of alkyl halides is 1. The van der Waals surface area contributed by atoms with E-state index in [1.165, 1.54) is 19.3 Å². The number of carbonyl (C=O) groups excluding carboxylic acids is 1. The van der Waals surface area contributed by atoms with Gasteiger partial charge in [0.05, 0.1) is 39.6 Å². The van der Waals surface area contributed by atoms with Crippen LogP contribution in [-0.4, -0.2) is 69.8 Å². The largest absolute Gasteiger partial charge is 0.458 e. The van der Waals surface area contributed by atoms with Gasteiger partial charge in [0, 0.05) is 11.9 Å². The van der Waals surface area contributed by atoms with Crippen molar-refractivity contribution in [3.8, 4) is 0 Å². The predicted octanol–water partition coefficient (Wildman–Crippen LogP) is 3.35. The number of hydrogen-bond acceptors (Lipinski definition) is 6. The monoisotopic (exact) mass is 426 g/mol. The maximum absolute atomic E-state index is 11.4. The molecule has 25 heavy (non-hydrogen) atoms. The van der Waals surface area contributed by atoms with Gasteiger partial charge in [-0.25, -0.2) is 4.79 Å². The molecule has 0 atom stereocenters. The third-order valence-corrected chi connectivity index (χ3v) is 3.49. The Bertz CT molecular complexity index is 306. The highest BCUT2D eigenvalue weighted by Crippen LogP contribution is 2.06. The molecule has 0 aromatic carbocycles. The number of rotatable bonds is 17. The van der Waals surface area contributed by atoms with E-state index in [0.29, 0.717) is 39.6 Å². The summed E-state index contributed by atoms with van der Waals surface area (Å²) < 4.78 is 26.6. The second-order valence-electron chi connectivity index (χ2n) is 6.58. The summed E-state index contributed by atoms with van der Waals surface area (Å²) in [6.45, 7) is 9.25. The minimum absolute atomic E-state index is 0.0510. The molecular formula is C18H35BrO6. The van der Waals surface area contributed by atoms with Crippen LogP contribution in [0.5, 0.6) is 0 Å². The zero-order chi connectivity index (χ0) is 18.8. The van der Waals surface area contributed by atoms with E-state index in [2.05, 4.69) is 15.9 Å². The molecule has 0 heterocycles. The van der Waals surface area contributed by atoms with Gasteiger partial charge in [0.1, 0.15) is 12.2 Å². The normalized spacial score (nSPS) is 11.7. The molecule has 0 aliphatic rings. The predicted molar refractivity (Wildman–Crippen MR) is 101 cm³/mol. The fourth-order valence-electron chi connectivity index (χ4n) is 1.84. The zero-order valence-electron chi connectivity index (χ0n) is 16.0. The minimum atomic E-state index is -0.481. The molecule has 0 N–H and O–H groups in total. The number of esters is 1. The van der Waals surface area contributed by atoms with Crippen LogP contribution < -0.4 is 0 Å². The molecule has 0 radical (unpaired) electrons. The van der Waals surface area contributed by atoms with Gasteiger partial charge in [-0.1, -0.05) is 28.8 Å². The van der Waals surface area contributed by atoms with E-state index >= 15 is 0 Å². The van der Waals surface area contributed by atoms with E-state index < -0.39 is 5.60 Å². The van der Waals surface area contributed by atoms with Gasteiger partial charge >= 0.3 is 5.97 Å². The first-order chi connectivity index (χ1) is 12.0. The lowest BCUT2D eigenvalue weighted by atomic mass is 10.2. The summed E-state index contributed by atoms with van der Waals surface area (Å²) >= 11 is 3.42. The van der Waals surface area contributed by atoms with Crippen LogP contribution in [0, 0.1) is 0 Å². The van der Waals surface area contributed by atoms with Crippen molar-refractivity contribution in [3.05, 3.63) is 0 Å². The van der Waals surface area contributed by atoms with Crippen LogP contribution in [0.1, 0.15) is 46.5 Å². The number of unbranched alkanes of at least 4 members (excludes halogenated alkanes) is 3. The topological polar surface area (TPSA) is 63.2 Å². The average molecular weight is 427 g/mol. The Balaban J connectivity index is 3.13. The first kappa shape index (κ1) is 24.8. The van der Waals surface area contributed by atoms with Gasteiger partial charge in [0.15, 0.2) is 0 Å². The average Bonchev–Trinajstić information content (AvgIpc) is 2.53. The lowest BCUT2D eigenvalue weighted by Crippen LogP contribution is -2.27. The van der Waals surface area contributed by atoms with Gasteiger partial charge in [0.25, 0.3) is 0 Å². The second-order valence-corrected chi connectivity index (χ2v) is 7.37. The van der Waals surface area contributed by atoms with Crippen molar-refractivity contribution in [3.63, 3.8) is 0 Å². The third-order valence-electron chi connectivity index (χ3n) is 2.93. The van der Waals surface area contributed by atoms with Crippen LogP contribution in [-0.2, 0) is 28.5 Å². The Morgan fingerprint density at radius 3 is 1.72 bits per heavy atom. The number of hydrogen-bond donors (Lipinski definition) is 0. The van der Waals surface area contributed by atoms with Gasteiger partial charge in [-0.2, -0.15) is 0 Å². The highest BCUT2D eigenvalue weighted by molar-refractivity contribution is 9.09. The summed E-state index contributed by atoms with van der Waals surface area (Å²) in [5.41, 5.74) is -0.481. The molecule has 7 heteroatoms. The molecule has 6 nitrogen and oxygen atoms in total. The highest BCUT2D eigenvalue weighted by Gasteiger charge is 2.15. The number of ether oxygens (including phenoxy) is 5. The molecule has 150 valence electrons. The van der Waals surface area contributed by atoms with Crippen LogP contribution in [0.15, 0.2) is 0 Å². The third kappa shape index (κ3) is 21.7. The quantitative estimate of drug-likeness (QED) is 0.202. The van der Waals surface area contributed by atoms with E-state index in [1.807, 2.05) is 20.8 Å². The fraction of sp³-hybridized carbons (Fsp3) is 0.944. The Morgan fingerprint density at radius 1 is 0.720 bits per heavy atom. The zero-order valence-corrected chi connectivity index (χ0v) is 17.6. The Hall–Kier alpha value is -0.210. The molecule has 0 spiro atoms. The van der Waals surface area contributed by atoms with E-state index in [1.54, 1.807) is 0 Å². The molecule has 0 saturated heterocycles. The summed E-state index contributed by atoms with van der Waals surface area (Å²) in [5, 5.41) is 1.08. The van der Waals surface area contributed by atoms with E-state index in [-0.39, 0.29) is 12.6 Å². The van der Waals surface area contributed by atoms with E-state index in [9.17, 15) is 4.79 Å². The van der Waals surface area contributed by atoms with Gasteiger partial charge in [-0.05, 0) is 33.6 Å².